The third kappa shape index (κ3) is 4.54. The van der Waals surface area contributed by atoms with E-state index < -0.39 is 0 Å². The third-order valence-electron chi connectivity index (χ3n) is 9.05. The van der Waals surface area contributed by atoms with E-state index in [4.69, 9.17) is 0 Å². The SMILES string of the molecule is c1ccc(-c2ccc(N(c3ccc(-c4ccccc4)cc3)c3ccc4c(ccc5ccc6sc7ccccc7c6c54)c3)cc2)cc1. The summed E-state index contributed by atoms with van der Waals surface area (Å²) in [4.78, 5) is 2.37. The number of thiophene rings is 1. The van der Waals surface area contributed by atoms with E-state index >= 15 is 0 Å². The minimum atomic E-state index is 1.12. The Bertz CT molecular complexity index is 2410. The number of benzene rings is 8. The smallest absolute Gasteiger partial charge is 0.0468 e. The van der Waals surface area contributed by atoms with Gasteiger partial charge in [0.25, 0.3) is 0 Å². The van der Waals surface area contributed by atoms with Crippen LogP contribution in [0, 0.1) is 0 Å². The number of fused-ring (bicyclic) bond motifs is 7. The van der Waals surface area contributed by atoms with Crippen LogP contribution in [-0.2, 0) is 0 Å². The maximum absolute atomic E-state index is 2.37. The molecule has 0 aliphatic carbocycles. The second kappa shape index (κ2) is 11.0. The van der Waals surface area contributed by atoms with E-state index in [1.807, 2.05) is 11.3 Å². The van der Waals surface area contributed by atoms with Crippen molar-refractivity contribution in [3.05, 3.63) is 176 Å². The normalized spacial score (nSPS) is 11.5. The van der Waals surface area contributed by atoms with Crippen LogP contribution in [0.5, 0.6) is 0 Å². The lowest BCUT2D eigenvalue weighted by Gasteiger charge is -2.26. The fourth-order valence-corrected chi connectivity index (χ4v) is 7.92. The fourth-order valence-electron chi connectivity index (χ4n) is 6.81. The predicted octanol–water partition coefficient (Wildman–Crippen LogP) is 13.2. The molecule has 0 aliphatic rings. The quantitative estimate of drug-likeness (QED) is 0.177. The molecule has 46 heavy (non-hydrogen) atoms. The summed E-state index contributed by atoms with van der Waals surface area (Å²) in [6.45, 7) is 0. The number of hydrogen-bond acceptors (Lipinski definition) is 2. The Hall–Kier alpha value is -5.70. The van der Waals surface area contributed by atoms with Gasteiger partial charge in [0, 0.05) is 37.2 Å². The molecule has 1 heterocycles. The molecule has 0 saturated carbocycles. The molecule has 0 saturated heterocycles. The monoisotopic (exact) mass is 603 g/mol. The van der Waals surface area contributed by atoms with Crippen molar-refractivity contribution >= 4 is 70.1 Å². The van der Waals surface area contributed by atoms with Crippen molar-refractivity contribution in [2.75, 3.05) is 4.90 Å². The molecule has 0 spiro atoms. The molecular formula is C44H29NS. The molecule has 2 heteroatoms. The molecule has 9 rings (SSSR count). The first-order chi connectivity index (χ1) is 22.8. The highest BCUT2D eigenvalue weighted by Crippen LogP contribution is 2.43. The number of hydrogen-bond donors (Lipinski definition) is 0. The van der Waals surface area contributed by atoms with Crippen molar-refractivity contribution in [1.29, 1.82) is 0 Å². The van der Waals surface area contributed by atoms with Crippen LogP contribution < -0.4 is 4.90 Å². The summed E-state index contributed by atoms with van der Waals surface area (Å²) in [6, 6.07) is 63.8. The van der Waals surface area contributed by atoms with Crippen LogP contribution in [0.4, 0.5) is 17.1 Å². The zero-order valence-corrected chi connectivity index (χ0v) is 25.9. The fraction of sp³-hybridized carbons (Fsp3) is 0. The van der Waals surface area contributed by atoms with Gasteiger partial charge in [0.05, 0.1) is 0 Å². The van der Waals surface area contributed by atoms with Gasteiger partial charge in [-0.15, -0.1) is 11.3 Å². The molecule has 8 aromatic carbocycles. The Kier molecular flexibility index (Phi) is 6.40. The first kappa shape index (κ1) is 26.7. The molecule has 0 aliphatic heterocycles. The van der Waals surface area contributed by atoms with Gasteiger partial charge in [0.2, 0.25) is 0 Å². The maximum atomic E-state index is 2.37. The van der Waals surface area contributed by atoms with Crippen LogP contribution in [0.1, 0.15) is 0 Å². The lowest BCUT2D eigenvalue weighted by molar-refractivity contribution is 1.29. The second-order valence-electron chi connectivity index (χ2n) is 11.8. The number of anilines is 3. The van der Waals surface area contributed by atoms with Crippen LogP contribution in [0.3, 0.4) is 0 Å². The highest BCUT2D eigenvalue weighted by molar-refractivity contribution is 7.26. The third-order valence-corrected chi connectivity index (χ3v) is 10.2. The largest absolute Gasteiger partial charge is 0.310 e. The summed E-state index contributed by atoms with van der Waals surface area (Å²) < 4.78 is 2.67. The van der Waals surface area contributed by atoms with E-state index in [-0.39, 0.29) is 0 Å². The van der Waals surface area contributed by atoms with Crippen molar-refractivity contribution < 1.29 is 0 Å². The van der Waals surface area contributed by atoms with E-state index in [0.717, 1.165) is 17.1 Å². The van der Waals surface area contributed by atoms with Gasteiger partial charge in [-0.3, -0.25) is 0 Å². The lowest BCUT2D eigenvalue weighted by atomic mass is 9.97. The summed E-state index contributed by atoms with van der Waals surface area (Å²) >= 11 is 1.88. The Morgan fingerprint density at radius 1 is 0.326 bits per heavy atom. The molecule has 0 N–H and O–H groups in total. The average Bonchev–Trinajstić information content (AvgIpc) is 3.52. The molecule has 1 nitrogen and oxygen atoms in total. The molecule has 0 radical (unpaired) electrons. The second-order valence-corrected chi connectivity index (χ2v) is 12.9. The van der Waals surface area contributed by atoms with Crippen molar-refractivity contribution in [1.82, 2.24) is 0 Å². The molecule has 216 valence electrons. The van der Waals surface area contributed by atoms with E-state index in [0.29, 0.717) is 0 Å². The summed E-state index contributed by atoms with van der Waals surface area (Å²) in [5.74, 6) is 0. The molecule has 1 aromatic heterocycles. The average molecular weight is 604 g/mol. The standard InChI is InChI=1S/C44H29NS/c1-3-9-30(10-4-1)32-17-22-36(23-18-32)45(37-24-19-33(20-25-37)31-11-5-2-6-12-31)38-26-27-39-35(29-38)16-15-34-21-28-42-44(43(34)39)40-13-7-8-14-41(40)46-42/h1-29H. The molecule has 0 atom stereocenters. The van der Waals surface area contributed by atoms with Gasteiger partial charge in [0.15, 0.2) is 0 Å². The summed E-state index contributed by atoms with van der Waals surface area (Å²) in [6.07, 6.45) is 0. The molecule has 0 unspecified atom stereocenters. The summed E-state index contributed by atoms with van der Waals surface area (Å²) in [7, 11) is 0. The molecular weight excluding hydrogens is 575 g/mol. The van der Waals surface area contributed by atoms with Gasteiger partial charge >= 0.3 is 0 Å². The van der Waals surface area contributed by atoms with Crippen molar-refractivity contribution in [2.24, 2.45) is 0 Å². The van der Waals surface area contributed by atoms with E-state index in [9.17, 15) is 0 Å². The van der Waals surface area contributed by atoms with Gasteiger partial charge in [-0.2, -0.15) is 0 Å². The first-order valence-electron chi connectivity index (χ1n) is 15.7. The van der Waals surface area contributed by atoms with Gasteiger partial charge in [-0.1, -0.05) is 127 Å². The van der Waals surface area contributed by atoms with Crippen molar-refractivity contribution in [2.45, 2.75) is 0 Å². The zero-order chi connectivity index (χ0) is 30.5. The zero-order valence-electron chi connectivity index (χ0n) is 25.1. The van der Waals surface area contributed by atoms with Gasteiger partial charge in [-0.25, -0.2) is 0 Å². The summed E-state index contributed by atoms with van der Waals surface area (Å²) in [5.41, 5.74) is 8.24. The first-order valence-corrected chi connectivity index (χ1v) is 16.5. The Morgan fingerprint density at radius 3 is 1.50 bits per heavy atom. The van der Waals surface area contributed by atoms with Crippen LogP contribution in [0.2, 0.25) is 0 Å². The van der Waals surface area contributed by atoms with Gasteiger partial charge in [-0.05, 0) is 92.3 Å². The van der Waals surface area contributed by atoms with Gasteiger partial charge in [0.1, 0.15) is 0 Å². The molecule has 9 aromatic rings. The van der Waals surface area contributed by atoms with Crippen molar-refractivity contribution in [3.8, 4) is 22.3 Å². The maximum Gasteiger partial charge on any atom is 0.0468 e. The molecule has 0 fully saturated rings. The van der Waals surface area contributed by atoms with Crippen LogP contribution in [0.15, 0.2) is 176 Å². The van der Waals surface area contributed by atoms with E-state index in [2.05, 4.69) is 181 Å². The topological polar surface area (TPSA) is 3.24 Å². The van der Waals surface area contributed by atoms with E-state index in [1.165, 1.54) is 64.0 Å². The van der Waals surface area contributed by atoms with Gasteiger partial charge < -0.3 is 4.90 Å². The predicted molar refractivity (Wildman–Crippen MR) is 200 cm³/mol. The highest BCUT2D eigenvalue weighted by Gasteiger charge is 2.16. The lowest BCUT2D eigenvalue weighted by Crippen LogP contribution is -2.09. The van der Waals surface area contributed by atoms with E-state index in [1.54, 1.807) is 0 Å². The van der Waals surface area contributed by atoms with Crippen LogP contribution >= 0.6 is 11.3 Å². The molecule has 0 amide bonds. The van der Waals surface area contributed by atoms with Crippen LogP contribution in [0.25, 0.3) is 64.0 Å². The van der Waals surface area contributed by atoms with Crippen LogP contribution in [-0.4, -0.2) is 0 Å². The Morgan fingerprint density at radius 2 is 0.848 bits per heavy atom. The number of nitrogens with zero attached hydrogens (tertiary/aromatic N) is 1. The molecule has 0 bridgehead atoms. The Balaban J connectivity index is 1.21. The Labute approximate surface area is 272 Å². The summed E-state index contributed by atoms with van der Waals surface area (Å²) in [5, 5.41) is 7.84. The minimum Gasteiger partial charge on any atom is -0.310 e. The minimum absolute atomic E-state index is 1.12. The highest BCUT2D eigenvalue weighted by atomic mass is 32.1. The van der Waals surface area contributed by atoms with Crippen molar-refractivity contribution in [3.63, 3.8) is 0 Å². The number of rotatable bonds is 5.